The summed E-state index contributed by atoms with van der Waals surface area (Å²) in [5.41, 5.74) is 1.33. The number of halogens is 2. The Bertz CT molecular complexity index is 435. The molecule has 1 saturated heterocycles. The fourth-order valence-electron chi connectivity index (χ4n) is 3.01. The van der Waals surface area contributed by atoms with Crippen LogP contribution in [0.15, 0.2) is 22.7 Å². The lowest BCUT2D eigenvalue weighted by molar-refractivity contribution is -0.0325. The van der Waals surface area contributed by atoms with Crippen molar-refractivity contribution in [2.75, 3.05) is 13.2 Å². The summed E-state index contributed by atoms with van der Waals surface area (Å²) < 4.78 is 7.07. The fraction of sp³-hybridized carbons (Fsp3) is 0.571. The number of rotatable bonds is 1. The number of benzene rings is 1. The molecule has 1 N–H and O–H groups in total. The van der Waals surface area contributed by atoms with Crippen LogP contribution in [0.5, 0.6) is 0 Å². The molecule has 2 aliphatic rings. The van der Waals surface area contributed by atoms with Gasteiger partial charge in [0.1, 0.15) is 0 Å². The lowest BCUT2D eigenvalue weighted by atomic mass is 9.95. The Balaban J connectivity index is 1.72. The zero-order valence-electron chi connectivity index (χ0n) is 10.2. The molecule has 4 heteroatoms. The van der Waals surface area contributed by atoms with Crippen LogP contribution < -0.4 is 5.32 Å². The van der Waals surface area contributed by atoms with E-state index in [9.17, 15) is 0 Å². The maximum Gasteiger partial charge on any atom is 0.0964 e. The fourth-order valence-corrected chi connectivity index (χ4v) is 3.81. The zero-order valence-corrected chi connectivity index (χ0v) is 12.6. The van der Waals surface area contributed by atoms with Crippen LogP contribution in [0.3, 0.4) is 0 Å². The SMILES string of the molecule is Clc1cc(Br)ccc1C1CNC2(CCCC2)CO1. The first-order valence-corrected chi connectivity index (χ1v) is 7.67. The highest BCUT2D eigenvalue weighted by Gasteiger charge is 2.38. The van der Waals surface area contributed by atoms with Crippen LogP contribution in [0.2, 0.25) is 5.02 Å². The molecule has 1 aliphatic carbocycles. The van der Waals surface area contributed by atoms with Gasteiger partial charge < -0.3 is 10.1 Å². The minimum absolute atomic E-state index is 0.0804. The van der Waals surface area contributed by atoms with Crippen molar-refractivity contribution in [1.82, 2.24) is 5.32 Å². The van der Waals surface area contributed by atoms with Gasteiger partial charge in [0.2, 0.25) is 0 Å². The molecule has 0 bridgehead atoms. The van der Waals surface area contributed by atoms with Crippen LogP contribution in [0.1, 0.15) is 37.4 Å². The number of hydrogen-bond donors (Lipinski definition) is 1. The van der Waals surface area contributed by atoms with E-state index >= 15 is 0 Å². The highest BCUT2D eigenvalue weighted by Crippen LogP contribution is 2.36. The molecule has 1 aliphatic heterocycles. The molecule has 3 rings (SSSR count). The van der Waals surface area contributed by atoms with Crippen molar-refractivity contribution in [2.24, 2.45) is 0 Å². The van der Waals surface area contributed by atoms with E-state index in [-0.39, 0.29) is 11.6 Å². The first-order chi connectivity index (χ1) is 8.69. The van der Waals surface area contributed by atoms with Crippen molar-refractivity contribution < 1.29 is 4.74 Å². The predicted molar refractivity (Wildman–Crippen MR) is 77.0 cm³/mol. The van der Waals surface area contributed by atoms with Crippen LogP contribution in [0.4, 0.5) is 0 Å². The first kappa shape index (κ1) is 12.9. The Morgan fingerprint density at radius 3 is 2.72 bits per heavy atom. The lowest BCUT2D eigenvalue weighted by Gasteiger charge is -2.39. The summed E-state index contributed by atoms with van der Waals surface area (Å²) in [5.74, 6) is 0. The van der Waals surface area contributed by atoms with Gasteiger partial charge in [-0.1, -0.05) is 46.4 Å². The van der Waals surface area contributed by atoms with E-state index in [0.717, 1.165) is 28.2 Å². The molecule has 2 fully saturated rings. The summed E-state index contributed by atoms with van der Waals surface area (Å²) in [4.78, 5) is 0. The van der Waals surface area contributed by atoms with Gasteiger partial charge in [0.05, 0.1) is 12.7 Å². The zero-order chi connectivity index (χ0) is 12.6. The molecular formula is C14H17BrClNO. The van der Waals surface area contributed by atoms with Gasteiger partial charge in [0, 0.05) is 27.1 Å². The van der Waals surface area contributed by atoms with Gasteiger partial charge in [0.25, 0.3) is 0 Å². The summed E-state index contributed by atoms with van der Waals surface area (Å²) in [6.45, 7) is 1.67. The molecule has 2 nitrogen and oxygen atoms in total. The molecule has 98 valence electrons. The minimum Gasteiger partial charge on any atom is -0.370 e. The van der Waals surface area contributed by atoms with Crippen molar-refractivity contribution in [3.63, 3.8) is 0 Å². The summed E-state index contributed by atoms with van der Waals surface area (Å²) in [6, 6.07) is 6.00. The highest BCUT2D eigenvalue weighted by molar-refractivity contribution is 9.10. The van der Waals surface area contributed by atoms with E-state index in [1.54, 1.807) is 0 Å². The average Bonchev–Trinajstić information content (AvgIpc) is 2.80. The third-order valence-electron chi connectivity index (χ3n) is 4.09. The van der Waals surface area contributed by atoms with Crippen molar-refractivity contribution in [3.05, 3.63) is 33.3 Å². The Labute approximate surface area is 121 Å². The van der Waals surface area contributed by atoms with E-state index in [2.05, 4.69) is 21.2 Å². The third kappa shape index (κ3) is 2.46. The summed E-state index contributed by atoms with van der Waals surface area (Å²) in [5, 5.41) is 4.47. The minimum atomic E-state index is 0.0804. The third-order valence-corrected chi connectivity index (χ3v) is 4.91. The van der Waals surface area contributed by atoms with E-state index < -0.39 is 0 Å². The van der Waals surface area contributed by atoms with Crippen LogP contribution >= 0.6 is 27.5 Å². The normalized spacial score (nSPS) is 26.7. The first-order valence-electron chi connectivity index (χ1n) is 6.50. The van der Waals surface area contributed by atoms with Crippen LogP contribution in [0.25, 0.3) is 0 Å². The molecular weight excluding hydrogens is 314 g/mol. The molecule has 0 aromatic heterocycles. The maximum atomic E-state index is 6.28. The van der Waals surface area contributed by atoms with Crippen LogP contribution in [-0.2, 0) is 4.74 Å². The Morgan fingerprint density at radius 1 is 1.33 bits per heavy atom. The quantitative estimate of drug-likeness (QED) is 0.838. The van der Waals surface area contributed by atoms with E-state index in [1.807, 2.05) is 18.2 Å². The van der Waals surface area contributed by atoms with Crippen molar-refractivity contribution in [3.8, 4) is 0 Å². The maximum absolute atomic E-state index is 6.28. The molecule has 0 amide bonds. The smallest absolute Gasteiger partial charge is 0.0964 e. The topological polar surface area (TPSA) is 21.3 Å². The predicted octanol–water partition coefficient (Wildman–Crippen LogP) is 4.08. The molecule has 0 radical (unpaired) electrons. The molecule has 1 aromatic rings. The van der Waals surface area contributed by atoms with Gasteiger partial charge >= 0.3 is 0 Å². The second kappa shape index (κ2) is 5.12. The number of ether oxygens (including phenoxy) is 1. The highest BCUT2D eigenvalue weighted by atomic mass is 79.9. The largest absolute Gasteiger partial charge is 0.370 e. The standard InChI is InChI=1S/C14H17BrClNO/c15-10-3-4-11(12(16)7-10)13-8-17-14(9-18-13)5-1-2-6-14/h3-4,7,13,17H,1-2,5-6,8-9H2. The average molecular weight is 331 g/mol. The number of morpholine rings is 1. The lowest BCUT2D eigenvalue weighted by Crippen LogP contribution is -2.53. The molecule has 1 aromatic carbocycles. The van der Waals surface area contributed by atoms with Gasteiger partial charge in [-0.25, -0.2) is 0 Å². The van der Waals surface area contributed by atoms with Gasteiger partial charge in [-0.3, -0.25) is 0 Å². The van der Waals surface area contributed by atoms with E-state index in [1.165, 1.54) is 25.7 Å². The number of hydrogen-bond acceptors (Lipinski definition) is 2. The second-order valence-corrected chi connectivity index (χ2v) is 6.66. The van der Waals surface area contributed by atoms with Gasteiger partial charge in [-0.15, -0.1) is 0 Å². The van der Waals surface area contributed by atoms with Gasteiger partial charge in [-0.05, 0) is 25.0 Å². The molecule has 1 atom stereocenters. The molecule has 1 unspecified atom stereocenters. The van der Waals surface area contributed by atoms with Gasteiger partial charge in [-0.2, -0.15) is 0 Å². The molecule has 1 saturated carbocycles. The molecule has 18 heavy (non-hydrogen) atoms. The summed E-state index contributed by atoms with van der Waals surface area (Å²) >= 11 is 9.70. The van der Waals surface area contributed by atoms with Crippen molar-refractivity contribution in [2.45, 2.75) is 37.3 Å². The summed E-state index contributed by atoms with van der Waals surface area (Å²) in [6.07, 6.45) is 5.21. The Hall–Kier alpha value is -0.0900. The van der Waals surface area contributed by atoms with Crippen molar-refractivity contribution >= 4 is 27.5 Å². The van der Waals surface area contributed by atoms with Gasteiger partial charge in [0.15, 0.2) is 0 Å². The van der Waals surface area contributed by atoms with Crippen LogP contribution in [0, 0.1) is 0 Å². The Kier molecular flexibility index (Phi) is 3.68. The monoisotopic (exact) mass is 329 g/mol. The molecule has 1 heterocycles. The summed E-state index contributed by atoms with van der Waals surface area (Å²) in [7, 11) is 0. The molecule has 1 spiro atoms. The van der Waals surface area contributed by atoms with E-state index in [4.69, 9.17) is 16.3 Å². The number of nitrogens with one attached hydrogen (secondary N) is 1. The van der Waals surface area contributed by atoms with E-state index in [0.29, 0.717) is 0 Å². The van der Waals surface area contributed by atoms with Crippen molar-refractivity contribution in [1.29, 1.82) is 0 Å². The Morgan fingerprint density at radius 2 is 2.11 bits per heavy atom. The van der Waals surface area contributed by atoms with Crippen LogP contribution in [-0.4, -0.2) is 18.7 Å². The second-order valence-electron chi connectivity index (χ2n) is 5.33.